The summed E-state index contributed by atoms with van der Waals surface area (Å²) >= 11 is 0. The summed E-state index contributed by atoms with van der Waals surface area (Å²) in [6.07, 6.45) is 49.6. The van der Waals surface area contributed by atoms with E-state index < -0.39 is 0 Å². The first kappa shape index (κ1) is 50.4. The molecule has 0 N–H and O–H groups in total. The molecule has 0 unspecified atom stereocenters. The molecule has 0 saturated heterocycles. The van der Waals surface area contributed by atoms with Gasteiger partial charge in [0.15, 0.2) is 0 Å². The van der Waals surface area contributed by atoms with E-state index in [0.717, 1.165) is 37.5 Å². The quantitative estimate of drug-likeness (QED) is 0.0619. The summed E-state index contributed by atoms with van der Waals surface area (Å²) in [6, 6.07) is 0. The molecule has 54 heavy (non-hydrogen) atoms. The van der Waals surface area contributed by atoms with Crippen molar-refractivity contribution in [3.05, 3.63) is 0 Å². The van der Waals surface area contributed by atoms with Gasteiger partial charge in [-0.25, -0.2) is 0 Å². The minimum atomic E-state index is 0.834. The highest BCUT2D eigenvalue weighted by atomic mass is 15.4. The average molecular weight is 757 g/mol. The van der Waals surface area contributed by atoms with Crippen molar-refractivity contribution in [2.45, 2.75) is 252 Å². The molecule has 0 fully saturated rings. The molecule has 0 radical (unpaired) electrons. The first-order valence-electron chi connectivity index (χ1n) is 24.4. The van der Waals surface area contributed by atoms with Gasteiger partial charge < -0.3 is 14.7 Å². The lowest BCUT2D eigenvalue weighted by molar-refractivity contribution is 0.542. The Hall–Kier alpha value is -1.59. The average Bonchev–Trinajstić information content (AvgIpc) is 3.18. The molecule has 0 aromatic carbocycles. The third-order valence-electron chi connectivity index (χ3n) is 11.7. The molecule has 6 nitrogen and oxygen atoms in total. The monoisotopic (exact) mass is 757 g/mol. The van der Waals surface area contributed by atoms with Gasteiger partial charge in [0.1, 0.15) is 0 Å². The van der Waals surface area contributed by atoms with E-state index in [9.17, 15) is 0 Å². The zero-order valence-electron chi connectivity index (χ0n) is 37.8. The fourth-order valence-corrected chi connectivity index (χ4v) is 7.73. The normalized spacial score (nSPS) is 11.4. The highest BCUT2D eigenvalue weighted by molar-refractivity contribution is 5.45. The van der Waals surface area contributed by atoms with Crippen LogP contribution in [-0.4, -0.2) is 55.7 Å². The van der Waals surface area contributed by atoms with Crippen LogP contribution in [0.15, 0.2) is 0 Å². The van der Waals surface area contributed by atoms with Gasteiger partial charge in [0, 0.05) is 40.8 Å². The van der Waals surface area contributed by atoms with Crippen molar-refractivity contribution in [2.24, 2.45) is 0 Å². The minimum Gasteiger partial charge on any atom is -0.344 e. The summed E-state index contributed by atoms with van der Waals surface area (Å²) in [4.78, 5) is 21.9. The van der Waals surface area contributed by atoms with Gasteiger partial charge in [-0.2, -0.15) is 15.0 Å². The minimum absolute atomic E-state index is 0.834. The van der Waals surface area contributed by atoms with Crippen molar-refractivity contribution < 1.29 is 0 Å². The number of nitrogens with zero attached hydrogens (tertiary/aromatic N) is 6. The maximum Gasteiger partial charge on any atom is 0.231 e. The van der Waals surface area contributed by atoms with Gasteiger partial charge in [-0.3, -0.25) is 0 Å². The molecule has 0 aliphatic carbocycles. The second kappa shape index (κ2) is 38.3. The van der Waals surface area contributed by atoms with E-state index in [1.165, 1.54) is 231 Å². The molecule has 6 heteroatoms. The largest absolute Gasteiger partial charge is 0.344 e. The Morgan fingerprint density at radius 3 is 0.556 bits per heavy atom. The van der Waals surface area contributed by atoms with Crippen LogP contribution in [0.5, 0.6) is 0 Å². The Bertz CT molecular complexity index is 783. The van der Waals surface area contributed by atoms with Gasteiger partial charge in [-0.05, 0) is 19.3 Å². The molecule has 1 rings (SSSR count). The molecule has 0 amide bonds. The molecule has 0 bridgehead atoms. The highest BCUT2D eigenvalue weighted by Gasteiger charge is 2.16. The number of unbranched alkanes of at least 4 members (excludes halogenated alkanes) is 33. The first-order chi connectivity index (χ1) is 26.5. The number of anilines is 3. The standard InChI is InChI=1S/C48H96N6/c1-7-10-13-16-19-22-25-28-31-34-37-40-43-52(4)46-49-47(53(5)44-41-38-35-32-29-26-23-20-17-14-11-8-2)51-48(50-46)54(6)45-42-39-36-33-30-27-24-21-18-15-12-9-3/h7-45H2,1-6H3. The summed E-state index contributed by atoms with van der Waals surface area (Å²) in [6.45, 7) is 9.92. The maximum absolute atomic E-state index is 5.04. The second-order valence-corrected chi connectivity index (χ2v) is 17.2. The van der Waals surface area contributed by atoms with Crippen LogP contribution in [0, 0.1) is 0 Å². The van der Waals surface area contributed by atoms with Gasteiger partial charge in [-0.1, -0.05) is 233 Å². The first-order valence-corrected chi connectivity index (χ1v) is 24.4. The Balaban J connectivity index is 2.52. The van der Waals surface area contributed by atoms with Gasteiger partial charge in [-0.15, -0.1) is 0 Å². The maximum atomic E-state index is 5.04. The number of hydrogen-bond donors (Lipinski definition) is 0. The fourth-order valence-electron chi connectivity index (χ4n) is 7.73. The number of aromatic nitrogens is 3. The lowest BCUT2D eigenvalue weighted by Crippen LogP contribution is -2.29. The predicted molar refractivity (Wildman–Crippen MR) is 243 cm³/mol. The third kappa shape index (κ3) is 29.7. The van der Waals surface area contributed by atoms with E-state index in [-0.39, 0.29) is 0 Å². The predicted octanol–water partition coefficient (Wildman–Crippen LogP) is 15.3. The molecule has 1 aromatic rings. The van der Waals surface area contributed by atoms with Crippen LogP contribution >= 0.6 is 0 Å². The van der Waals surface area contributed by atoms with Gasteiger partial charge in [0.05, 0.1) is 0 Å². The van der Waals surface area contributed by atoms with Gasteiger partial charge in [0.25, 0.3) is 0 Å². The Labute approximate surface area is 339 Å². The van der Waals surface area contributed by atoms with Crippen LogP contribution in [0.3, 0.4) is 0 Å². The summed E-state index contributed by atoms with van der Waals surface area (Å²) in [5.74, 6) is 2.50. The van der Waals surface area contributed by atoms with Crippen LogP contribution in [0.2, 0.25) is 0 Å². The molecule has 1 heterocycles. The van der Waals surface area contributed by atoms with Crippen molar-refractivity contribution in [3.63, 3.8) is 0 Å². The van der Waals surface area contributed by atoms with Crippen LogP contribution in [0.1, 0.15) is 252 Å². The zero-order valence-corrected chi connectivity index (χ0v) is 37.8. The van der Waals surface area contributed by atoms with Crippen molar-refractivity contribution in [2.75, 3.05) is 55.5 Å². The lowest BCUT2D eigenvalue weighted by atomic mass is 10.1. The number of hydrogen-bond acceptors (Lipinski definition) is 6. The molecule has 0 saturated carbocycles. The van der Waals surface area contributed by atoms with E-state index in [1.54, 1.807) is 0 Å². The lowest BCUT2D eigenvalue weighted by Gasteiger charge is -2.24. The van der Waals surface area contributed by atoms with E-state index in [1.807, 2.05) is 0 Å². The van der Waals surface area contributed by atoms with E-state index in [2.05, 4.69) is 56.6 Å². The van der Waals surface area contributed by atoms with Crippen LogP contribution < -0.4 is 14.7 Å². The third-order valence-corrected chi connectivity index (χ3v) is 11.7. The topological polar surface area (TPSA) is 48.4 Å². The summed E-state index contributed by atoms with van der Waals surface area (Å²) in [5.41, 5.74) is 0. The van der Waals surface area contributed by atoms with Gasteiger partial charge in [0.2, 0.25) is 17.8 Å². The fraction of sp³-hybridized carbons (Fsp3) is 0.938. The van der Waals surface area contributed by atoms with Crippen LogP contribution in [0.25, 0.3) is 0 Å². The van der Waals surface area contributed by atoms with E-state index >= 15 is 0 Å². The molecular weight excluding hydrogens is 661 g/mol. The Morgan fingerprint density at radius 2 is 0.389 bits per heavy atom. The zero-order chi connectivity index (χ0) is 39.2. The van der Waals surface area contributed by atoms with Crippen LogP contribution in [0.4, 0.5) is 17.8 Å². The van der Waals surface area contributed by atoms with Gasteiger partial charge >= 0.3 is 0 Å². The molecule has 0 aliphatic rings. The van der Waals surface area contributed by atoms with Crippen molar-refractivity contribution >= 4 is 17.8 Å². The van der Waals surface area contributed by atoms with Crippen molar-refractivity contribution in [3.8, 4) is 0 Å². The summed E-state index contributed by atoms with van der Waals surface area (Å²) in [7, 11) is 6.54. The summed E-state index contributed by atoms with van der Waals surface area (Å²) < 4.78 is 0. The SMILES string of the molecule is CCCCCCCCCCCCCCN(C)c1nc(N(C)CCCCCCCCCCCCCC)nc(N(C)CCCCCCCCCCCCCC)n1. The van der Waals surface area contributed by atoms with Crippen molar-refractivity contribution in [1.29, 1.82) is 0 Å². The molecule has 0 atom stereocenters. The summed E-state index contributed by atoms with van der Waals surface area (Å²) in [5, 5.41) is 0. The Kier molecular flexibility index (Phi) is 35.8. The molecule has 0 spiro atoms. The van der Waals surface area contributed by atoms with Crippen molar-refractivity contribution in [1.82, 2.24) is 15.0 Å². The number of rotatable bonds is 42. The molecular formula is C48H96N6. The molecule has 0 aliphatic heterocycles. The van der Waals surface area contributed by atoms with Crippen LogP contribution in [-0.2, 0) is 0 Å². The molecule has 1 aromatic heterocycles. The highest BCUT2D eigenvalue weighted by Crippen LogP contribution is 2.21. The molecule has 318 valence electrons. The van der Waals surface area contributed by atoms with E-state index in [0.29, 0.717) is 0 Å². The van der Waals surface area contributed by atoms with E-state index in [4.69, 9.17) is 15.0 Å². The second-order valence-electron chi connectivity index (χ2n) is 17.2. The smallest absolute Gasteiger partial charge is 0.231 e. The Morgan fingerprint density at radius 1 is 0.241 bits per heavy atom.